The summed E-state index contributed by atoms with van der Waals surface area (Å²) in [6.07, 6.45) is 1.01. The largest absolute Gasteiger partial charge is 0.207 e. The van der Waals surface area contributed by atoms with Crippen LogP contribution in [-0.2, 0) is 0 Å². The van der Waals surface area contributed by atoms with E-state index in [1.54, 1.807) is 6.07 Å². The second-order valence-corrected chi connectivity index (χ2v) is 4.02. The van der Waals surface area contributed by atoms with Gasteiger partial charge < -0.3 is 0 Å². The van der Waals surface area contributed by atoms with Gasteiger partial charge in [0.05, 0.1) is 11.6 Å². The highest BCUT2D eigenvalue weighted by Crippen LogP contribution is 2.28. The van der Waals surface area contributed by atoms with Crippen molar-refractivity contribution in [3.05, 3.63) is 35.1 Å². The molecule has 0 aliphatic rings. The van der Waals surface area contributed by atoms with E-state index in [0.29, 0.717) is 17.0 Å². The van der Waals surface area contributed by atoms with Gasteiger partial charge in [0.15, 0.2) is 0 Å². The second kappa shape index (κ2) is 4.93. The molecular weight excluding hydrogens is 189 g/mol. The standard InChI is InChI=1S/C13H16FN/c1-4-9(2)10(3)12-7-11(8-15)5-6-13(12)14/h5-7,9-10H,4H2,1-3H3/t9?,10-/m0/s1. The van der Waals surface area contributed by atoms with Gasteiger partial charge in [0, 0.05) is 0 Å². The van der Waals surface area contributed by atoms with E-state index in [1.807, 2.05) is 13.0 Å². The maximum absolute atomic E-state index is 13.5. The van der Waals surface area contributed by atoms with Gasteiger partial charge in [0.25, 0.3) is 0 Å². The number of hydrogen-bond donors (Lipinski definition) is 0. The normalized spacial score (nSPS) is 14.3. The Hall–Kier alpha value is -1.36. The molecule has 0 bridgehead atoms. The van der Waals surface area contributed by atoms with Crippen molar-refractivity contribution in [2.45, 2.75) is 33.1 Å². The third kappa shape index (κ3) is 2.56. The molecule has 0 spiro atoms. The number of hydrogen-bond acceptors (Lipinski definition) is 1. The van der Waals surface area contributed by atoms with Crippen molar-refractivity contribution in [1.82, 2.24) is 0 Å². The van der Waals surface area contributed by atoms with Crippen LogP contribution in [0.5, 0.6) is 0 Å². The molecular formula is C13H16FN. The highest BCUT2D eigenvalue weighted by atomic mass is 19.1. The summed E-state index contributed by atoms with van der Waals surface area (Å²) in [5.41, 5.74) is 1.19. The van der Waals surface area contributed by atoms with Crippen LogP contribution in [0.3, 0.4) is 0 Å². The predicted molar refractivity (Wildman–Crippen MR) is 59.0 cm³/mol. The van der Waals surface area contributed by atoms with Crippen LogP contribution in [0.1, 0.15) is 44.2 Å². The zero-order chi connectivity index (χ0) is 11.4. The monoisotopic (exact) mass is 205 g/mol. The molecule has 1 rings (SSSR count). The van der Waals surface area contributed by atoms with Crippen LogP contribution in [0.4, 0.5) is 4.39 Å². The first-order chi connectivity index (χ1) is 7.10. The molecule has 80 valence electrons. The summed E-state index contributed by atoms with van der Waals surface area (Å²) >= 11 is 0. The molecule has 0 aromatic heterocycles. The van der Waals surface area contributed by atoms with E-state index in [9.17, 15) is 4.39 Å². The molecule has 0 fully saturated rings. The number of nitriles is 1. The van der Waals surface area contributed by atoms with Crippen molar-refractivity contribution >= 4 is 0 Å². The maximum atomic E-state index is 13.5. The fourth-order valence-corrected chi connectivity index (χ4v) is 1.62. The van der Waals surface area contributed by atoms with E-state index in [0.717, 1.165) is 6.42 Å². The van der Waals surface area contributed by atoms with E-state index in [1.165, 1.54) is 12.1 Å². The third-order valence-electron chi connectivity index (χ3n) is 3.11. The Balaban J connectivity index is 3.07. The topological polar surface area (TPSA) is 23.8 Å². The first-order valence-electron chi connectivity index (χ1n) is 5.29. The summed E-state index contributed by atoms with van der Waals surface area (Å²) in [4.78, 5) is 0. The van der Waals surface area contributed by atoms with Gasteiger partial charge in [-0.15, -0.1) is 0 Å². The summed E-state index contributed by atoms with van der Waals surface area (Å²) < 4.78 is 13.5. The van der Waals surface area contributed by atoms with Crippen molar-refractivity contribution in [3.8, 4) is 6.07 Å². The second-order valence-electron chi connectivity index (χ2n) is 4.02. The summed E-state index contributed by atoms with van der Waals surface area (Å²) in [6, 6.07) is 6.60. The molecule has 0 saturated heterocycles. The van der Waals surface area contributed by atoms with Crippen LogP contribution in [-0.4, -0.2) is 0 Å². The lowest BCUT2D eigenvalue weighted by molar-refractivity contribution is 0.454. The molecule has 0 amide bonds. The molecule has 0 aliphatic heterocycles. The van der Waals surface area contributed by atoms with Crippen LogP contribution in [0.25, 0.3) is 0 Å². The average molecular weight is 205 g/mol. The molecule has 1 aromatic rings. The van der Waals surface area contributed by atoms with Crippen LogP contribution >= 0.6 is 0 Å². The Morgan fingerprint density at radius 2 is 2.07 bits per heavy atom. The lowest BCUT2D eigenvalue weighted by Gasteiger charge is -2.19. The number of nitrogens with zero attached hydrogens (tertiary/aromatic N) is 1. The molecule has 0 saturated carbocycles. The highest BCUT2D eigenvalue weighted by Gasteiger charge is 2.16. The Morgan fingerprint density at radius 1 is 1.40 bits per heavy atom. The molecule has 2 atom stereocenters. The molecule has 2 heteroatoms. The molecule has 0 N–H and O–H groups in total. The minimum absolute atomic E-state index is 0.156. The van der Waals surface area contributed by atoms with Crippen molar-refractivity contribution in [3.63, 3.8) is 0 Å². The van der Waals surface area contributed by atoms with E-state index >= 15 is 0 Å². The Kier molecular flexibility index (Phi) is 3.85. The van der Waals surface area contributed by atoms with Crippen molar-refractivity contribution < 1.29 is 4.39 Å². The SMILES string of the molecule is CCC(C)[C@H](C)c1cc(C#N)ccc1F. The lowest BCUT2D eigenvalue weighted by atomic mass is 9.86. The fraction of sp³-hybridized carbons (Fsp3) is 0.462. The first kappa shape index (κ1) is 11.7. The smallest absolute Gasteiger partial charge is 0.126 e. The van der Waals surface area contributed by atoms with E-state index in [-0.39, 0.29) is 11.7 Å². The summed E-state index contributed by atoms with van der Waals surface area (Å²) in [7, 11) is 0. The summed E-state index contributed by atoms with van der Waals surface area (Å²) in [5, 5.41) is 8.76. The molecule has 1 unspecified atom stereocenters. The Bertz CT molecular complexity index is 379. The van der Waals surface area contributed by atoms with Gasteiger partial charge in [-0.05, 0) is 35.6 Å². The van der Waals surface area contributed by atoms with Crippen LogP contribution in [0, 0.1) is 23.1 Å². The highest BCUT2D eigenvalue weighted by molar-refractivity contribution is 5.35. The van der Waals surface area contributed by atoms with Gasteiger partial charge in [-0.3, -0.25) is 0 Å². The summed E-state index contributed by atoms with van der Waals surface area (Å²) in [5.74, 6) is 0.374. The quantitative estimate of drug-likeness (QED) is 0.735. The first-order valence-corrected chi connectivity index (χ1v) is 5.29. The Labute approximate surface area is 90.5 Å². The number of halogens is 1. The lowest BCUT2D eigenvalue weighted by Crippen LogP contribution is -2.07. The Morgan fingerprint density at radius 3 is 2.60 bits per heavy atom. The molecule has 0 aliphatic carbocycles. The summed E-state index contributed by atoms with van der Waals surface area (Å²) in [6.45, 7) is 6.20. The van der Waals surface area contributed by atoms with Gasteiger partial charge in [-0.25, -0.2) is 4.39 Å². The van der Waals surface area contributed by atoms with Crippen LogP contribution in [0.2, 0.25) is 0 Å². The van der Waals surface area contributed by atoms with Gasteiger partial charge in [-0.2, -0.15) is 5.26 Å². The minimum Gasteiger partial charge on any atom is -0.207 e. The van der Waals surface area contributed by atoms with Crippen molar-refractivity contribution in [1.29, 1.82) is 5.26 Å². The van der Waals surface area contributed by atoms with Crippen LogP contribution in [0.15, 0.2) is 18.2 Å². The fourth-order valence-electron chi connectivity index (χ4n) is 1.62. The molecule has 1 aromatic carbocycles. The third-order valence-corrected chi connectivity index (χ3v) is 3.11. The molecule has 1 nitrogen and oxygen atoms in total. The zero-order valence-electron chi connectivity index (χ0n) is 9.42. The molecule has 15 heavy (non-hydrogen) atoms. The van der Waals surface area contributed by atoms with Crippen LogP contribution < -0.4 is 0 Å². The number of benzene rings is 1. The van der Waals surface area contributed by atoms with E-state index < -0.39 is 0 Å². The maximum Gasteiger partial charge on any atom is 0.126 e. The molecule has 0 heterocycles. The van der Waals surface area contributed by atoms with Crippen molar-refractivity contribution in [2.24, 2.45) is 5.92 Å². The van der Waals surface area contributed by atoms with Gasteiger partial charge in [0.1, 0.15) is 5.82 Å². The molecule has 0 radical (unpaired) electrons. The zero-order valence-corrected chi connectivity index (χ0v) is 9.42. The average Bonchev–Trinajstić information content (AvgIpc) is 2.27. The number of rotatable bonds is 3. The van der Waals surface area contributed by atoms with Crippen molar-refractivity contribution in [2.75, 3.05) is 0 Å². The van der Waals surface area contributed by atoms with E-state index in [2.05, 4.69) is 13.8 Å². The minimum atomic E-state index is -0.207. The van der Waals surface area contributed by atoms with Gasteiger partial charge in [-0.1, -0.05) is 27.2 Å². The van der Waals surface area contributed by atoms with Gasteiger partial charge in [0.2, 0.25) is 0 Å². The predicted octanol–water partition coefficient (Wildman–Crippen LogP) is 3.85. The van der Waals surface area contributed by atoms with E-state index in [4.69, 9.17) is 5.26 Å². The van der Waals surface area contributed by atoms with Gasteiger partial charge >= 0.3 is 0 Å².